The number of benzene rings is 1. The average Bonchev–Trinajstić information content (AvgIpc) is 2.46. The lowest BCUT2D eigenvalue weighted by atomic mass is 10.1. The van der Waals surface area contributed by atoms with Crippen LogP contribution >= 0.6 is 0 Å². The first kappa shape index (κ1) is 15.1. The van der Waals surface area contributed by atoms with Crippen LogP contribution in [0.25, 0.3) is 0 Å². The molecule has 4 heteroatoms. The van der Waals surface area contributed by atoms with Crippen molar-refractivity contribution in [1.29, 1.82) is 0 Å². The van der Waals surface area contributed by atoms with Gasteiger partial charge < -0.3 is 16.2 Å². The number of rotatable bonds is 7. The highest BCUT2D eigenvalue weighted by molar-refractivity contribution is 5.89. The standard InChI is InChI=1S/C15H20N2O2/c1-2-3-4-5-6-19-15(18)14-8-12(10-16)7-13(9-14)11-17/h2-4,7-9H,1,5-6,10-11,16-17H2. The number of hydrogen-bond acceptors (Lipinski definition) is 4. The smallest absolute Gasteiger partial charge is 0.338 e. The number of nitrogens with two attached hydrogens (primary N) is 2. The Hall–Kier alpha value is -1.91. The van der Waals surface area contributed by atoms with E-state index in [4.69, 9.17) is 16.2 Å². The second kappa shape index (κ2) is 8.24. The largest absolute Gasteiger partial charge is 0.462 e. The zero-order valence-corrected chi connectivity index (χ0v) is 11.0. The second-order valence-electron chi connectivity index (χ2n) is 4.03. The van der Waals surface area contributed by atoms with E-state index < -0.39 is 0 Å². The van der Waals surface area contributed by atoms with Crippen molar-refractivity contribution in [2.75, 3.05) is 6.61 Å². The van der Waals surface area contributed by atoms with Crippen molar-refractivity contribution < 1.29 is 9.53 Å². The van der Waals surface area contributed by atoms with Gasteiger partial charge in [0.1, 0.15) is 0 Å². The molecule has 1 aromatic rings. The molecule has 19 heavy (non-hydrogen) atoms. The number of allylic oxidation sites excluding steroid dienone is 2. The van der Waals surface area contributed by atoms with Crippen LogP contribution in [0, 0.1) is 0 Å². The molecule has 0 aliphatic heterocycles. The molecule has 0 aliphatic rings. The predicted octanol–water partition coefficient (Wildman–Crippen LogP) is 1.89. The SMILES string of the molecule is C=CC=CCCOC(=O)c1cc(CN)cc(CN)c1. The molecule has 0 unspecified atom stereocenters. The molecule has 0 fully saturated rings. The predicted molar refractivity (Wildman–Crippen MR) is 76.5 cm³/mol. The summed E-state index contributed by atoms with van der Waals surface area (Å²) in [6.07, 6.45) is 6.05. The number of carbonyl (C=O) groups excluding carboxylic acids is 1. The topological polar surface area (TPSA) is 78.3 Å². The molecule has 0 saturated carbocycles. The number of hydrogen-bond donors (Lipinski definition) is 2. The number of carbonyl (C=O) groups is 1. The summed E-state index contributed by atoms with van der Waals surface area (Å²) >= 11 is 0. The summed E-state index contributed by atoms with van der Waals surface area (Å²) in [5, 5.41) is 0. The van der Waals surface area contributed by atoms with Gasteiger partial charge in [-0.25, -0.2) is 4.79 Å². The molecule has 4 N–H and O–H groups in total. The Morgan fingerprint density at radius 1 is 1.21 bits per heavy atom. The van der Waals surface area contributed by atoms with Crippen molar-refractivity contribution in [2.45, 2.75) is 19.5 Å². The third kappa shape index (κ3) is 5.07. The van der Waals surface area contributed by atoms with Gasteiger partial charge in [-0.2, -0.15) is 0 Å². The minimum absolute atomic E-state index is 0.341. The summed E-state index contributed by atoms with van der Waals surface area (Å²) in [5.41, 5.74) is 13.4. The third-order valence-corrected chi connectivity index (χ3v) is 2.55. The van der Waals surface area contributed by atoms with Crippen LogP contribution in [0.4, 0.5) is 0 Å². The Labute approximate surface area is 113 Å². The highest BCUT2D eigenvalue weighted by Crippen LogP contribution is 2.11. The maximum absolute atomic E-state index is 11.9. The Bertz CT molecular complexity index is 445. The summed E-state index contributed by atoms with van der Waals surface area (Å²) in [6.45, 7) is 4.64. The lowest BCUT2D eigenvalue weighted by Gasteiger charge is -2.07. The lowest BCUT2D eigenvalue weighted by Crippen LogP contribution is -2.09. The Kier molecular flexibility index (Phi) is 6.57. The van der Waals surface area contributed by atoms with E-state index in [-0.39, 0.29) is 5.97 Å². The average molecular weight is 260 g/mol. The molecule has 4 nitrogen and oxygen atoms in total. The minimum atomic E-state index is -0.350. The number of esters is 1. The second-order valence-corrected chi connectivity index (χ2v) is 4.03. The maximum atomic E-state index is 11.9. The summed E-state index contributed by atoms with van der Waals surface area (Å²) in [7, 11) is 0. The molecule has 0 heterocycles. The van der Waals surface area contributed by atoms with E-state index in [1.807, 2.05) is 18.2 Å². The molecule has 0 bridgehead atoms. The maximum Gasteiger partial charge on any atom is 0.338 e. The van der Waals surface area contributed by atoms with Crippen LogP contribution in [0.5, 0.6) is 0 Å². The fourth-order valence-corrected chi connectivity index (χ4v) is 1.61. The van der Waals surface area contributed by atoms with Crippen LogP contribution in [0.15, 0.2) is 43.0 Å². The van der Waals surface area contributed by atoms with E-state index in [0.29, 0.717) is 31.7 Å². The van der Waals surface area contributed by atoms with Crippen molar-refractivity contribution in [3.8, 4) is 0 Å². The Morgan fingerprint density at radius 2 is 1.84 bits per heavy atom. The van der Waals surface area contributed by atoms with Crippen LogP contribution < -0.4 is 11.5 Å². The van der Waals surface area contributed by atoms with Crippen LogP contribution in [0.1, 0.15) is 27.9 Å². The summed E-state index contributed by atoms with van der Waals surface area (Å²) in [4.78, 5) is 11.9. The molecule has 0 aromatic heterocycles. The van der Waals surface area contributed by atoms with Crippen molar-refractivity contribution in [3.63, 3.8) is 0 Å². The molecular weight excluding hydrogens is 240 g/mol. The van der Waals surface area contributed by atoms with Crippen LogP contribution in [-0.4, -0.2) is 12.6 Å². The van der Waals surface area contributed by atoms with Gasteiger partial charge in [0.15, 0.2) is 0 Å². The fourth-order valence-electron chi connectivity index (χ4n) is 1.61. The Balaban J connectivity index is 2.65. The van der Waals surface area contributed by atoms with Gasteiger partial charge in [-0.15, -0.1) is 0 Å². The summed E-state index contributed by atoms with van der Waals surface area (Å²) < 4.78 is 5.17. The van der Waals surface area contributed by atoms with Crippen molar-refractivity contribution >= 4 is 5.97 Å². The van der Waals surface area contributed by atoms with Crippen LogP contribution in [-0.2, 0) is 17.8 Å². The highest BCUT2D eigenvalue weighted by atomic mass is 16.5. The first-order valence-electron chi connectivity index (χ1n) is 6.19. The van der Waals surface area contributed by atoms with Crippen molar-refractivity contribution in [1.82, 2.24) is 0 Å². The molecule has 0 atom stereocenters. The zero-order valence-electron chi connectivity index (χ0n) is 11.0. The third-order valence-electron chi connectivity index (χ3n) is 2.55. The van der Waals surface area contributed by atoms with Crippen LogP contribution in [0.2, 0.25) is 0 Å². The van der Waals surface area contributed by atoms with Crippen LogP contribution in [0.3, 0.4) is 0 Å². The molecule has 1 rings (SSSR count). The van der Waals surface area contributed by atoms with Gasteiger partial charge in [0.2, 0.25) is 0 Å². The van der Waals surface area contributed by atoms with Gasteiger partial charge in [0.05, 0.1) is 12.2 Å². The molecule has 1 aromatic carbocycles. The fraction of sp³-hybridized carbons (Fsp3) is 0.267. The van der Waals surface area contributed by atoms with E-state index in [9.17, 15) is 4.79 Å². The van der Waals surface area contributed by atoms with Gasteiger partial charge in [0.25, 0.3) is 0 Å². The monoisotopic (exact) mass is 260 g/mol. The quantitative estimate of drug-likeness (QED) is 0.446. The van der Waals surface area contributed by atoms with E-state index in [2.05, 4.69) is 6.58 Å². The van der Waals surface area contributed by atoms with E-state index in [0.717, 1.165) is 11.1 Å². The lowest BCUT2D eigenvalue weighted by molar-refractivity contribution is 0.0511. The van der Waals surface area contributed by atoms with Gasteiger partial charge in [0, 0.05) is 13.1 Å². The first-order chi connectivity index (χ1) is 9.21. The van der Waals surface area contributed by atoms with E-state index in [1.54, 1.807) is 18.2 Å². The van der Waals surface area contributed by atoms with Crippen molar-refractivity contribution in [2.24, 2.45) is 11.5 Å². The highest BCUT2D eigenvalue weighted by Gasteiger charge is 2.09. The molecule has 0 aliphatic carbocycles. The van der Waals surface area contributed by atoms with Gasteiger partial charge >= 0.3 is 5.97 Å². The van der Waals surface area contributed by atoms with Crippen molar-refractivity contribution in [3.05, 3.63) is 59.7 Å². The minimum Gasteiger partial charge on any atom is -0.462 e. The normalized spacial score (nSPS) is 10.6. The summed E-state index contributed by atoms with van der Waals surface area (Å²) in [5.74, 6) is -0.350. The molecule has 102 valence electrons. The molecular formula is C15H20N2O2. The van der Waals surface area contributed by atoms with Gasteiger partial charge in [-0.1, -0.05) is 30.9 Å². The first-order valence-corrected chi connectivity index (χ1v) is 6.19. The summed E-state index contributed by atoms with van der Waals surface area (Å²) in [6, 6.07) is 5.37. The molecule has 0 amide bonds. The zero-order chi connectivity index (χ0) is 14.1. The van der Waals surface area contributed by atoms with E-state index >= 15 is 0 Å². The van der Waals surface area contributed by atoms with Gasteiger partial charge in [-0.3, -0.25) is 0 Å². The Morgan fingerprint density at radius 3 is 2.37 bits per heavy atom. The van der Waals surface area contributed by atoms with Gasteiger partial charge in [-0.05, 0) is 29.7 Å². The molecule has 0 radical (unpaired) electrons. The van der Waals surface area contributed by atoms with E-state index in [1.165, 1.54) is 0 Å². The number of ether oxygens (including phenoxy) is 1. The molecule has 0 saturated heterocycles. The molecule has 0 spiro atoms.